The van der Waals surface area contributed by atoms with Crippen LogP contribution in [0.1, 0.15) is 16.8 Å². The summed E-state index contributed by atoms with van der Waals surface area (Å²) < 4.78 is 1.57. The van der Waals surface area contributed by atoms with Gasteiger partial charge in [0.05, 0.1) is 16.5 Å². The molecule has 19 heavy (non-hydrogen) atoms. The molecule has 2 rings (SSSR count). The van der Waals surface area contributed by atoms with Crippen molar-refractivity contribution in [3.8, 4) is 0 Å². The quantitative estimate of drug-likeness (QED) is 0.730. The number of rotatable bonds is 4. The van der Waals surface area contributed by atoms with Crippen LogP contribution in [0.25, 0.3) is 10.9 Å². The Labute approximate surface area is 112 Å². The van der Waals surface area contributed by atoms with Gasteiger partial charge in [-0.15, -0.1) is 0 Å². The van der Waals surface area contributed by atoms with Crippen LogP contribution in [-0.4, -0.2) is 32.3 Å². The van der Waals surface area contributed by atoms with Crippen molar-refractivity contribution in [2.75, 3.05) is 6.61 Å². The molecule has 1 heterocycles. The normalized spacial score (nSPS) is 10.8. The van der Waals surface area contributed by atoms with Crippen molar-refractivity contribution in [2.24, 2.45) is 0 Å². The Morgan fingerprint density at radius 1 is 1.42 bits per heavy atom. The number of nitrogens with one attached hydrogen (secondary N) is 1. The van der Waals surface area contributed by atoms with Crippen LogP contribution in [0.2, 0.25) is 0 Å². The number of benzene rings is 1. The lowest BCUT2D eigenvalue weighted by atomic mass is 10.1. The van der Waals surface area contributed by atoms with Gasteiger partial charge in [0.1, 0.15) is 0 Å². The van der Waals surface area contributed by atoms with E-state index < -0.39 is 5.97 Å². The summed E-state index contributed by atoms with van der Waals surface area (Å²) >= 11 is 5.07. The number of aromatic amines is 1. The predicted octanol–water partition coefficient (Wildman–Crippen LogP) is 1.14. The number of carboxylic acid groups (broad SMARTS) is 1. The minimum absolute atomic E-state index is 0.0306. The number of fused-ring (bicyclic) bond motifs is 1. The molecule has 0 aliphatic rings. The molecule has 7 heteroatoms. The van der Waals surface area contributed by atoms with E-state index >= 15 is 0 Å². The van der Waals surface area contributed by atoms with Gasteiger partial charge in [0, 0.05) is 13.2 Å². The summed E-state index contributed by atoms with van der Waals surface area (Å²) in [6.45, 7) is 0.290. The second-order valence-corrected chi connectivity index (χ2v) is 4.42. The molecule has 1 aromatic carbocycles. The molecule has 0 aliphatic heterocycles. The summed E-state index contributed by atoms with van der Waals surface area (Å²) in [4.78, 5) is 25.9. The fourth-order valence-corrected chi connectivity index (χ4v) is 2.10. The third-order valence-electron chi connectivity index (χ3n) is 2.77. The molecule has 0 saturated carbocycles. The first-order valence-electron chi connectivity index (χ1n) is 5.65. The number of aliphatic hydroxyl groups excluding tert-OH is 1. The molecule has 3 N–H and O–H groups in total. The molecule has 0 radical (unpaired) electrons. The molecule has 100 valence electrons. The summed E-state index contributed by atoms with van der Waals surface area (Å²) in [6, 6.07) is 4.21. The molecule has 0 fully saturated rings. The van der Waals surface area contributed by atoms with Gasteiger partial charge in [-0.3, -0.25) is 9.36 Å². The third-order valence-corrected chi connectivity index (χ3v) is 3.09. The van der Waals surface area contributed by atoms with Gasteiger partial charge in [0.25, 0.3) is 5.56 Å². The SMILES string of the molecule is O=C(O)c1ccc2c(=O)n(CCCO)c(=S)[nH]c2c1. The lowest BCUT2D eigenvalue weighted by molar-refractivity contribution is 0.0697. The highest BCUT2D eigenvalue weighted by molar-refractivity contribution is 7.71. The van der Waals surface area contributed by atoms with E-state index in [1.54, 1.807) is 0 Å². The van der Waals surface area contributed by atoms with E-state index in [4.69, 9.17) is 22.4 Å². The first kappa shape index (κ1) is 13.4. The maximum atomic E-state index is 12.2. The smallest absolute Gasteiger partial charge is 0.335 e. The summed E-state index contributed by atoms with van der Waals surface area (Å²) in [5, 5.41) is 18.1. The van der Waals surface area contributed by atoms with Crippen LogP contribution in [0.15, 0.2) is 23.0 Å². The standard InChI is InChI=1S/C12H12N2O4S/c15-5-1-4-14-10(16)8-3-2-7(11(17)18)6-9(8)13-12(14)19/h2-3,6,15H,1,4-5H2,(H,13,19)(H,17,18). The minimum atomic E-state index is -1.06. The van der Waals surface area contributed by atoms with Crippen molar-refractivity contribution < 1.29 is 15.0 Å². The number of H-pyrrole nitrogens is 1. The van der Waals surface area contributed by atoms with E-state index in [9.17, 15) is 9.59 Å². The largest absolute Gasteiger partial charge is 0.478 e. The maximum Gasteiger partial charge on any atom is 0.335 e. The molecular weight excluding hydrogens is 268 g/mol. The number of aliphatic hydroxyl groups is 1. The fourth-order valence-electron chi connectivity index (χ4n) is 1.82. The van der Waals surface area contributed by atoms with Crippen LogP contribution in [-0.2, 0) is 6.54 Å². The number of aromatic nitrogens is 2. The molecule has 0 amide bonds. The molecule has 1 aromatic heterocycles. The van der Waals surface area contributed by atoms with E-state index in [2.05, 4.69) is 4.98 Å². The number of hydrogen-bond donors (Lipinski definition) is 3. The minimum Gasteiger partial charge on any atom is -0.478 e. The second-order valence-electron chi connectivity index (χ2n) is 4.03. The molecule has 2 aromatic rings. The van der Waals surface area contributed by atoms with Crippen LogP contribution in [0, 0.1) is 4.77 Å². The number of aromatic carboxylic acids is 1. The van der Waals surface area contributed by atoms with Crippen LogP contribution < -0.4 is 5.56 Å². The van der Waals surface area contributed by atoms with Crippen LogP contribution >= 0.6 is 12.2 Å². The van der Waals surface area contributed by atoms with Gasteiger partial charge < -0.3 is 15.2 Å². The second kappa shape index (κ2) is 5.33. The number of nitrogens with zero attached hydrogens (tertiary/aromatic N) is 1. The van der Waals surface area contributed by atoms with Gasteiger partial charge in [-0.05, 0) is 36.8 Å². The Kier molecular flexibility index (Phi) is 3.77. The van der Waals surface area contributed by atoms with Gasteiger partial charge >= 0.3 is 5.97 Å². The van der Waals surface area contributed by atoms with Crippen molar-refractivity contribution in [1.82, 2.24) is 9.55 Å². The van der Waals surface area contributed by atoms with E-state index in [0.29, 0.717) is 23.9 Å². The van der Waals surface area contributed by atoms with E-state index in [-0.39, 0.29) is 22.5 Å². The first-order valence-corrected chi connectivity index (χ1v) is 6.06. The Morgan fingerprint density at radius 2 is 2.16 bits per heavy atom. The average molecular weight is 280 g/mol. The van der Waals surface area contributed by atoms with Crippen molar-refractivity contribution in [1.29, 1.82) is 0 Å². The summed E-state index contributed by atoms with van der Waals surface area (Å²) in [5.74, 6) is -1.06. The molecule has 0 aliphatic carbocycles. The molecule has 0 bridgehead atoms. The average Bonchev–Trinajstić information content (AvgIpc) is 2.37. The molecule has 0 spiro atoms. The highest BCUT2D eigenvalue weighted by Gasteiger charge is 2.08. The molecule has 0 atom stereocenters. The number of carbonyl (C=O) groups is 1. The molecule has 6 nitrogen and oxygen atoms in total. The molecule has 0 unspecified atom stereocenters. The predicted molar refractivity (Wildman–Crippen MR) is 72.1 cm³/mol. The highest BCUT2D eigenvalue weighted by atomic mass is 32.1. The van der Waals surface area contributed by atoms with Gasteiger partial charge in [-0.2, -0.15) is 0 Å². The molecular formula is C12H12N2O4S. The lowest BCUT2D eigenvalue weighted by Gasteiger charge is -2.07. The monoisotopic (exact) mass is 280 g/mol. The zero-order valence-corrected chi connectivity index (χ0v) is 10.7. The van der Waals surface area contributed by atoms with Crippen molar-refractivity contribution >= 4 is 29.1 Å². The van der Waals surface area contributed by atoms with E-state index in [1.807, 2.05) is 0 Å². The zero-order valence-electron chi connectivity index (χ0n) is 9.92. The zero-order chi connectivity index (χ0) is 14.0. The van der Waals surface area contributed by atoms with Crippen molar-refractivity contribution in [3.63, 3.8) is 0 Å². The van der Waals surface area contributed by atoms with Crippen molar-refractivity contribution in [3.05, 3.63) is 38.9 Å². The number of hydrogen-bond acceptors (Lipinski definition) is 4. The maximum absolute atomic E-state index is 12.2. The summed E-state index contributed by atoms with van der Waals surface area (Å²) in [6.07, 6.45) is 0.427. The highest BCUT2D eigenvalue weighted by Crippen LogP contribution is 2.10. The fraction of sp³-hybridized carbons (Fsp3) is 0.250. The Bertz CT molecular complexity index is 747. The van der Waals surface area contributed by atoms with Crippen LogP contribution in [0.3, 0.4) is 0 Å². The first-order chi connectivity index (χ1) is 9.04. The topological polar surface area (TPSA) is 95.3 Å². The third kappa shape index (κ3) is 2.56. The lowest BCUT2D eigenvalue weighted by Crippen LogP contribution is -2.22. The van der Waals surface area contributed by atoms with Crippen molar-refractivity contribution in [2.45, 2.75) is 13.0 Å². The van der Waals surface area contributed by atoms with E-state index in [0.717, 1.165) is 0 Å². The number of carboxylic acids is 1. The summed E-state index contributed by atoms with van der Waals surface area (Å²) in [5.41, 5.74) is 0.199. The molecule has 0 saturated heterocycles. The van der Waals surface area contributed by atoms with Gasteiger partial charge in [0.2, 0.25) is 0 Å². The Morgan fingerprint density at radius 3 is 2.79 bits per heavy atom. The Balaban J connectivity index is 2.66. The van der Waals surface area contributed by atoms with Crippen LogP contribution in [0.5, 0.6) is 0 Å². The van der Waals surface area contributed by atoms with Crippen LogP contribution in [0.4, 0.5) is 0 Å². The van der Waals surface area contributed by atoms with Gasteiger partial charge in [-0.1, -0.05) is 0 Å². The Hall–Kier alpha value is -1.99. The summed E-state index contributed by atoms with van der Waals surface area (Å²) in [7, 11) is 0. The van der Waals surface area contributed by atoms with Gasteiger partial charge in [0.15, 0.2) is 4.77 Å². The van der Waals surface area contributed by atoms with Gasteiger partial charge in [-0.25, -0.2) is 4.79 Å². The van der Waals surface area contributed by atoms with E-state index in [1.165, 1.54) is 22.8 Å².